The van der Waals surface area contributed by atoms with E-state index >= 15 is 0 Å². The molecule has 3 rings (SSSR count). The molecule has 0 bridgehead atoms. The van der Waals surface area contributed by atoms with Crippen molar-refractivity contribution in [2.75, 3.05) is 0 Å². The van der Waals surface area contributed by atoms with E-state index in [0.29, 0.717) is 6.42 Å². The van der Waals surface area contributed by atoms with Crippen molar-refractivity contribution in [3.63, 3.8) is 0 Å². The van der Waals surface area contributed by atoms with Gasteiger partial charge in [-0.1, -0.05) is 54.6 Å². The molecule has 0 spiro atoms. The van der Waals surface area contributed by atoms with Gasteiger partial charge in [-0.15, -0.1) is 0 Å². The smallest absolute Gasteiger partial charge is 0.428 e. The zero-order chi connectivity index (χ0) is 22.6. The number of para-hydroxylation sites is 1. The Morgan fingerprint density at radius 1 is 1.06 bits per heavy atom. The molecule has 2 aromatic carbocycles. The number of hydrogen-bond acceptors (Lipinski definition) is 6. The summed E-state index contributed by atoms with van der Waals surface area (Å²) in [7, 11) is -4.30. The zero-order valence-electron chi connectivity index (χ0n) is 17.6. The molecule has 7 nitrogen and oxygen atoms in total. The molecule has 8 heteroatoms. The molecule has 0 aromatic heterocycles. The first-order valence-electron chi connectivity index (χ1n) is 9.85. The van der Waals surface area contributed by atoms with Gasteiger partial charge in [0.05, 0.1) is 6.04 Å². The normalized spacial score (nSPS) is 16.8. The summed E-state index contributed by atoms with van der Waals surface area (Å²) in [5, 5.41) is 0. The van der Waals surface area contributed by atoms with Crippen LogP contribution >= 0.6 is 0 Å². The average Bonchev–Trinajstić information content (AvgIpc) is 2.67. The Bertz CT molecular complexity index is 1090. The monoisotopic (exact) mass is 443 g/mol. The van der Waals surface area contributed by atoms with Crippen LogP contribution in [0, 0.1) is 0 Å². The second-order valence-electron chi connectivity index (χ2n) is 8.10. The summed E-state index contributed by atoms with van der Waals surface area (Å²) in [5.41, 5.74) is 0.0876. The Labute approximate surface area is 182 Å². The number of ether oxygens (including phenoxy) is 2. The fourth-order valence-corrected chi connectivity index (χ4v) is 4.88. The molecule has 0 fully saturated rings. The Kier molecular flexibility index (Phi) is 6.50. The van der Waals surface area contributed by atoms with Gasteiger partial charge in [0.2, 0.25) is 5.91 Å². The Balaban J connectivity index is 1.95. The van der Waals surface area contributed by atoms with Crippen molar-refractivity contribution in [1.29, 1.82) is 0 Å². The Morgan fingerprint density at radius 3 is 2.39 bits per heavy atom. The molecule has 1 amide bonds. The second-order valence-corrected chi connectivity index (χ2v) is 9.88. The molecular formula is C23H25NO6S. The van der Waals surface area contributed by atoms with Crippen molar-refractivity contribution in [1.82, 2.24) is 4.31 Å². The molecule has 1 aliphatic heterocycles. The summed E-state index contributed by atoms with van der Waals surface area (Å²) in [4.78, 5) is 24.5. The van der Waals surface area contributed by atoms with Crippen LogP contribution in [0.2, 0.25) is 0 Å². The van der Waals surface area contributed by atoms with Gasteiger partial charge in [-0.25, -0.2) is 17.5 Å². The Morgan fingerprint density at radius 2 is 1.71 bits per heavy atom. The maximum atomic E-state index is 13.5. The van der Waals surface area contributed by atoms with Crippen molar-refractivity contribution < 1.29 is 27.5 Å². The lowest BCUT2D eigenvalue weighted by Crippen LogP contribution is -2.46. The van der Waals surface area contributed by atoms with Crippen LogP contribution in [0.5, 0.6) is 5.75 Å². The molecule has 2 aromatic rings. The minimum atomic E-state index is -4.30. The zero-order valence-corrected chi connectivity index (χ0v) is 18.5. The number of rotatable bonds is 5. The number of carbonyl (C=O) groups is 2. The lowest BCUT2D eigenvalue weighted by molar-refractivity contribution is -0.127. The van der Waals surface area contributed by atoms with Gasteiger partial charge >= 0.3 is 6.16 Å². The van der Waals surface area contributed by atoms with Crippen LogP contribution in [0.15, 0.2) is 71.6 Å². The number of carbonyl (C=O) groups excluding carboxylic acids is 2. The number of nitrogens with zero attached hydrogens (tertiary/aromatic N) is 1. The first-order chi connectivity index (χ1) is 14.6. The van der Waals surface area contributed by atoms with Crippen LogP contribution in [0.1, 0.15) is 32.8 Å². The van der Waals surface area contributed by atoms with Gasteiger partial charge < -0.3 is 9.47 Å². The molecule has 0 saturated carbocycles. The average molecular weight is 444 g/mol. The van der Waals surface area contributed by atoms with Crippen LogP contribution in [0.25, 0.3) is 0 Å². The molecule has 164 valence electrons. The first-order valence-corrected chi connectivity index (χ1v) is 11.3. The molecular weight excluding hydrogens is 418 g/mol. The minimum Gasteiger partial charge on any atom is -0.428 e. The standard InChI is InChI=1S/C23H25NO6S/c1-23(2,3)30-22(26)29-19-13-7-8-14-20(19)31(27,28)24-18(12-9-15-21(24)25)16-17-10-5-4-6-11-17/h4-14,18H,15-16H2,1-3H3/t18-/m1/s1. The van der Waals surface area contributed by atoms with Gasteiger partial charge in [0.25, 0.3) is 10.0 Å². The van der Waals surface area contributed by atoms with E-state index < -0.39 is 33.7 Å². The number of amides is 1. The van der Waals surface area contributed by atoms with E-state index in [9.17, 15) is 18.0 Å². The maximum Gasteiger partial charge on any atom is 0.514 e. The van der Waals surface area contributed by atoms with Crippen molar-refractivity contribution >= 4 is 22.1 Å². The van der Waals surface area contributed by atoms with Gasteiger partial charge in [-0.3, -0.25) is 4.79 Å². The Hall–Kier alpha value is -3.13. The van der Waals surface area contributed by atoms with Crippen molar-refractivity contribution in [2.45, 2.75) is 50.2 Å². The van der Waals surface area contributed by atoms with Crippen LogP contribution in [0.4, 0.5) is 4.79 Å². The van der Waals surface area contributed by atoms with Crippen molar-refractivity contribution in [3.05, 3.63) is 72.3 Å². The van der Waals surface area contributed by atoms with Gasteiger partial charge in [0.1, 0.15) is 10.5 Å². The highest BCUT2D eigenvalue weighted by atomic mass is 32.2. The molecule has 0 unspecified atom stereocenters. The van der Waals surface area contributed by atoms with E-state index in [1.807, 2.05) is 30.3 Å². The highest BCUT2D eigenvalue weighted by molar-refractivity contribution is 7.89. The summed E-state index contributed by atoms with van der Waals surface area (Å²) < 4.78 is 38.2. The van der Waals surface area contributed by atoms with Gasteiger partial charge in [-0.2, -0.15) is 0 Å². The summed E-state index contributed by atoms with van der Waals surface area (Å²) in [6.07, 6.45) is 2.66. The molecule has 0 radical (unpaired) electrons. The SMILES string of the molecule is CC(C)(C)OC(=O)Oc1ccccc1S(=O)(=O)N1C(=O)CC=C[C@@H]1Cc1ccccc1. The van der Waals surface area contributed by atoms with Crippen LogP contribution in [-0.2, 0) is 26.0 Å². The summed E-state index contributed by atoms with van der Waals surface area (Å²) in [6.45, 7) is 5.01. The molecule has 0 saturated heterocycles. The van der Waals surface area contributed by atoms with E-state index in [-0.39, 0.29) is 17.1 Å². The fraction of sp³-hybridized carbons (Fsp3) is 0.304. The van der Waals surface area contributed by atoms with Gasteiger partial charge in [0.15, 0.2) is 5.75 Å². The third-order valence-electron chi connectivity index (χ3n) is 4.45. The van der Waals surface area contributed by atoms with Gasteiger partial charge in [0, 0.05) is 6.42 Å². The maximum absolute atomic E-state index is 13.5. The summed E-state index contributed by atoms with van der Waals surface area (Å²) >= 11 is 0. The highest BCUT2D eigenvalue weighted by Crippen LogP contribution is 2.31. The van der Waals surface area contributed by atoms with Crippen LogP contribution < -0.4 is 4.74 Å². The number of benzene rings is 2. The predicted molar refractivity (Wildman–Crippen MR) is 115 cm³/mol. The topological polar surface area (TPSA) is 90.0 Å². The third kappa shape index (κ3) is 5.52. The third-order valence-corrected chi connectivity index (χ3v) is 6.34. The summed E-state index contributed by atoms with van der Waals surface area (Å²) in [6, 6.07) is 14.3. The van der Waals surface area contributed by atoms with Crippen LogP contribution in [-0.4, -0.2) is 36.4 Å². The van der Waals surface area contributed by atoms with E-state index in [0.717, 1.165) is 9.87 Å². The van der Waals surface area contributed by atoms with Gasteiger partial charge in [-0.05, 0) is 44.9 Å². The lowest BCUT2D eigenvalue weighted by atomic mass is 10.0. The van der Waals surface area contributed by atoms with E-state index in [2.05, 4.69) is 0 Å². The molecule has 1 heterocycles. The molecule has 0 N–H and O–H groups in total. The second kappa shape index (κ2) is 8.93. The molecule has 1 aliphatic rings. The first kappa shape index (κ1) is 22.6. The fourth-order valence-electron chi connectivity index (χ4n) is 3.21. The van der Waals surface area contributed by atoms with Crippen molar-refractivity contribution in [2.24, 2.45) is 0 Å². The largest absolute Gasteiger partial charge is 0.514 e. The number of hydrogen-bond donors (Lipinski definition) is 0. The van der Waals surface area contributed by atoms with Crippen molar-refractivity contribution in [3.8, 4) is 5.75 Å². The molecule has 31 heavy (non-hydrogen) atoms. The van der Waals surface area contributed by atoms with E-state index in [1.165, 1.54) is 24.3 Å². The van der Waals surface area contributed by atoms with Crippen LogP contribution in [0.3, 0.4) is 0 Å². The minimum absolute atomic E-state index is 0.0282. The highest BCUT2D eigenvalue weighted by Gasteiger charge is 2.38. The van der Waals surface area contributed by atoms with E-state index in [4.69, 9.17) is 9.47 Å². The summed E-state index contributed by atoms with van der Waals surface area (Å²) in [5.74, 6) is -0.743. The predicted octanol–water partition coefficient (Wildman–Crippen LogP) is 4.09. The number of sulfonamides is 1. The molecule has 0 aliphatic carbocycles. The lowest BCUT2D eigenvalue weighted by Gasteiger charge is -2.32. The van der Waals surface area contributed by atoms with E-state index in [1.54, 1.807) is 32.9 Å². The quantitative estimate of drug-likeness (QED) is 0.393. The molecule has 1 atom stereocenters.